The van der Waals surface area contributed by atoms with Crippen LogP contribution in [0.25, 0.3) is 0 Å². The summed E-state index contributed by atoms with van der Waals surface area (Å²) in [5.74, 6) is -0.976. The van der Waals surface area contributed by atoms with Gasteiger partial charge in [-0.3, -0.25) is 0 Å². The summed E-state index contributed by atoms with van der Waals surface area (Å²) < 4.78 is 0. The number of amides is 2. The second-order valence-electron chi connectivity index (χ2n) is 4.69. The number of carboxylic acids is 1. The smallest absolute Gasteiger partial charge is 0.326 e. The lowest BCUT2D eigenvalue weighted by atomic mass is 9.79. The molecule has 1 saturated carbocycles. The van der Waals surface area contributed by atoms with Crippen molar-refractivity contribution in [3.63, 3.8) is 0 Å². The summed E-state index contributed by atoms with van der Waals surface area (Å²) in [7, 11) is 0. The summed E-state index contributed by atoms with van der Waals surface area (Å²) in [5.41, 5.74) is -0.140. The number of hydrogen-bond donors (Lipinski definition) is 3. The maximum absolute atomic E-state index is 11.6. The van der Waals surface area contributed by atoms with Gasteiger partial charge in [0.05, 0.1) is 0 Å². The summed E-state index contributed by atoms with van der Waals surface area (Å²) in [6.45, 7) is 3.87. The fraction of sp³-hybridized carbons (Fsp3) is 0.818. The molecular weight excluding hydrogens is 208 g/mol. The Morgan fingerprint density at radius 2 is 2.06 bits per heavy atom. The number of hydrogen-bond acceptors (Lipinski definition) is 2. The fourth-order valence-corrected chi connectivity index (χ4v) is 1.85. The van der Waals surface area contributed by atoms with Crippen LogP contribution in [0.4, 0.5) is 4.79 Å². The first kappa shape index (κ1) is 12.8. The monoisotopic (exact) mass is 228 g/mol. The molecule has 1 aliphatic rings. The molecule has 1 unspecified atom stereocenters. The summed E-state index contributed by atoms with van der Waals surface area (Å²) in [6.07, 6.45) is 4.24. The zero-order chi connectivity index (χ0) is 12.2. The quantitative estimate of drug-likeness (QED) is 0.667. The van der Waals surface area contributed by atoms with Crippen molar-refractivity contribution < 1.29 is 14.7 Å². The zero-order valence-corrected chi connectivity index (χ0v) is 9.88. The van der Waals surface area contributed by atoms with Gasteiger partial charge in [-0.15, -0.1) is 0 Å². The topological polar surface area (TPSA) is 78.4 Å². The molecule has 1 aliphatic carbocycles. The highest BCUT2D eigenvalue weighted by Crippen LogP contribution is 2.30. The molecule has 16 heavy (non-hydrogen) atoms. The summed E-state index contributed by atoms with van der Waals surface area (Å²) in [5, 5.41) is 14.2. The molecule has 5 nitrogen and oxygen atoms in total. The number of carboxylic acid groups (broad SMARTS) is 1. The highest BCUT2D eigenvalue weighted by molar-refractivity contribution is 5.82. The second-order valence-corrected chi connectivity index (χ2v) is 4.69. The normalized spacial score (nSPS) is 19.4. The van der Waals surface area contributed by atoms with Gasteiger partial charge in [-0.05, 0) is 32.6 Å². The van der Waals surface area contributed by atoms with Crippen LogP contribution in [0, 0.1) is 0 Å². The van der Waals surface area contributed by atoms with E-state index in [1.54, 1.807) is 0 Å². The maximum atomic E-state index is 11.6. The average Bonchev–Trinajstić information content (AvgIpc) is 2.14. The molecule has 0 spiro atoms. The molecule has 1 fully saturated rings. The Kier molecular flexibility index (Phi) is 4.15. The van der Waals surface area contributed by atoms with E-state index in [1.807, 2.05) is 13.8 Å². The molecule has 2 amide bonds. The number of nitrogens with one attached hydrogen (secondary N) is 2. The van der Waals surface area contributed by atoms with Crippen molar-refractivity contribution in [3.05, 3.63) is 0 Å². The molecule has 0 aromatic rings. The first-order valence-corrected chi connectivity index (χ1v) is 5.78. The van der Waals surface area contributed by atoms with Gasteiger partial charge >= 0.3 is 12.0 Å². The number of aliphatic carboxylic acids is 1. The first-order chi connectivity index (χ1) is 7.47. The molecule has 92 valence electrons. The SMILES string of the molecule is CCCC(NC(=O)NC1(C)CCC1)C(=O)O. The van der Waals surface area contributed by atoms with Crippen molar-refractivity contribution in [2.45, 2.75) is 57.5 Å². The summed E-state index contributed by atoms with van der Waals surface area (Å²) >= 11 is 0. The van der Waals surface area contributed by atoms with Crippen LogP contribution < -0.4 is 10.6 Å². The predicted octanol–water partition coefficient (Wildman–Crippen LogP) is 1.48. The maximum Gasteiger partial charge on any atom is 0.326 e. The molecule has 0 saturated heterocycles. The second kappa shape index (κ2) is 5.18. The molecule has 0 aliphatic heterocycles. The molecular formula is C11H20N2O3. The van der Waals surface area contributed by atoms with Gasteiger partial charge in [-0.25, -0.2) is 9.59 Å². The van der Waals surface area contributed by atoms with Gasteiger partial charge in [0, 0.05) is 5.54 Å². The van der Waals surface area contributed by atoms with Gasteiger partial charge in [0.2, 0.25) is 0 Å². The van der Waals surface area contributed by atoms with Crippen molar-refractivity contribution in [1.29, 1.82) is 0 Å². The number of urea groups is 1. The van der Waals surface area contributed by atoms with Crippen molar-refractivity contribution >= 4 is 12.0 Å². The van der Waals surface area contributed by atoms with E-state index in [9.17, 15) is 9.59 Å². The lowest BCUT2D eigenvalue weighted by Crippen LogP contribution is -2.56. The van der Waals surface area contributed by atoms with Gasteiger partial charge < -0.3 is 15.7 Å². The third-order valence-electron chi connectivity index (χ3n) is 3.05. The molecule has 3 N–H and O–H groups in total. The van der Waals surface area contributed by atoms with E-state index in [0.29, 0.717) is 6.42 Å². The Hall–Kier alpha value is -1.26. The van der Waals surface area contributed by atoms with E-state index >= 15 is 0 Å². The van der Waals surface area contributed by atoms with Gasteiger partial charge in [-0.2, -0.15) is 0 Å². The van der Waals surface area contributed by atoms with E-state index in [0.717, 1.165) is 25.7 Å². The largest absolute Gasteiger partial charge is 0.480 e. The average molecular weight is 228 g/mol. The Morgan fingerprint density at radius 3 is 2.44 bits per heavy atom. The predicted molar refractivity (Wildman–Crippen MR) is 60.3 cm³/mol. The van der Waals surface area contributed by atoms with Crippen molar-refractivity contribution in [1.82, 2.24) is 10.6 Å². The summed E-state index contributed by atoms with van der Waals surface area (Å²) in [6, 6.07) is -1.16. The Labute approximate surface area is 95.6 Å². The van der Waals surface area contributed by atoms with E-state index in [4.69, 9.17) is 5.11 Å². The highest BCUT2D eigenvalue weighted by Gasteiger charge is 2.33. The molecule has 1 atom stereocenters. The Morgan fingerprint density at radius 1 is 1.44 bits per heavy atom. The van der Waals surface area contributed by atoms with Gasteiger partial charge in [0.1, 0.15) is 6.04 Å². The van der Waals surface area contributed by atoms with Crippen LogP contribution in [-0.2, 0) is 4.79 Å². The van der Waals surface area contributed by atoms with Gasteiger partial charge in [0.25, 0.3) is 0 Å². The molecule has 0 heterocycles. The fourth-order valence-electron chi connectivity index (χ4n) is 1.85. The van der Waals surface area contributed by atoms with Crippen molar-refractivity contribution in [3.8, 4) is 0 Å². The number of carbonyl (C=O) groups is 2. The van der Waals surface area contributed by atoms with Gasteiger partial charge in [0.15, 0.2) is 0 Å². The highest BCUT2D eigenvalue weighted by atomic mass is 16.4. The van der Waals surface area contributed by atoms with Crippen LogP contribution >= 0.6 is 0 Å². The molecule has 5 heteroatoms. The molecule has 0 aromatic heterocycles. The molecule has 1 rings (SSSR count). The van der Waals surface area contributed by atoms with E-state index in [1.165, 1.54) is 0 Å². The minimum absolute atomic E-state index is 0.140. The van der Waals surface area contributed by atoms with Gasteiger partial charge in [-0.1, -0.05) is 13.3 Å². The van der Waals surface area contributed by atoms with Crippen molar-refractivity contribution in [2.24, 2.45) is 0 Å². The van der Waals surface area contributed by atoms with Crippen molar-refractivity contribution in [2.75, 3.05) is 0 Å². The number of rotatable bonds is 5. The van der Waals surface area contributed by atoms with E-state index in [-0.39, 0.29) is 11.6 Å². The van der Waals surface area contributed by atoms with E-state index in [2.05, 4.69) is 10.6 Å². The first-order valence-electron chi connectivity index (χ1n) is 5.78. The third kappa shape index (κ3) is 3.40. The zero-order valence-electron chi connectivity index (χ0n) is 9.88. The Bertz CT molecular complexity index is 274. The lowest BCUT2D eigenvalue weighted by Gasteiger charge is -2.39. The minimum Gasteiger partial charge on any atom is -0.480 e. The lowest BCUT2D eigenvalue weighted by molar-refractivity contribution is -0.139. The minimum atomic E-state index is -0.976. The van der Waals surface area contributed by atoms with Crippen LogP contribution in [0.1, 0.15) is 46.0 Å². The van der Waals surface area contributed by atoms with Crippen LogP contribution in [0.3, 0.4) is 0 Å². The van der Waals surface area contributed by atoms with Crippen LogP contribution in [0.15, 0.2) is 0 Å². The van der Waals surface area contributed by atoms with Crippen LogP contribution in [-0.4, -0.2) is 28.7 Å². The molecule has 0 radical (unpaired) electrons. The molecule has 0 aromatic carbocycles. The summed E-state index contributed by atoms with van der Waals surface area (Å²) in [4.78, 5) is 22.4. The van der Waals surface area contributed by atoms with E-state index < -0.39 is 12.0 Å². The third-order valence-corrected chi connectivity index (χ3v) is 3.05. The number of carbonyl (C=O) groups excluding carboxylic acids is 1. The standard InChI is InChI=1S/C11H20N2O3/c1-3-5-8(9(14)15)12-10(16)13-11(2)6-4-7-11/h8H,3-7H2,1-2H3,(H,14,15)(H2,12,13,16). The van der Waals surface area contributed by atoms with Crippen LogP contribution in [0.2, 0.25) is 0 Å². The Balaban J connectivity index is 2.39. The van der Waals surface area contributed by atoms with Crippen LogP contribution in [0.5, 0.6) is 0 Å². The molecule has 0 bridgehead atoms.